The molecule has 0 N–H and O–H groups in total. The second kappa shape index (κ2) is 6.70. The summed E-state index contributed by atoms with van der Waals surface area (Å²) < 4.78 is 5.18. The van der Waals surface area contributed by atoms with Gasteiger partial charge in [-0.2, -0.15) is 0 Å². The molecule has 6 nitrogen and oxygen atoms in total. The third-order valence-electron chi connectivity index (χ3n) is 3.86. The second-order valence-corrected chi connectivity index (χ2v) is 5.45. The van der Waals surface area contributed by atoms with Crippen LogP contribution in [0.4, 0.5) is 5.82 Å². The number of methoxy groups -OCH3 is 1. The average Bonchev–Trinajstić information content (AvgIpc) is 2.56. The summed E-state index contributed by atoms with van der Waals surface area (Å²) in [5.74, 6) is 1.69. The molecule has 1 fully saturated rings. The van der Waals surface area contributed by atoms with Crippen molar-refractivity contribution in [3.05, 3.63) is 42.0 Å². The zero-order valence-electron chi connectivity index (χ0n) is 13.1. The van der Waals surface area contributed by atoms with Crippen molar-refractivity contribution in [2.24, 2.45) is 0 Å². The fraction of sp³-hybridized carbons (Fsp3) is 0.438. The van der Waals surface area contributed by atoms with Gasteiger partial charge in [-0.1, -0.05) is 6.07 Å². The normalized spacial score (nSPS) is 15.8. The van der Waals surface area contributed by atoms with Crippen LogP contribution in [0.3, 0.4) is 0 Å². The van der Waals surface area contributed by atoms with Gasteiger partial charge in [-0.15, -0.1) is 0 Å². The van der Waals surface area contributed by atoms with Crippen molar-refractivity contribution < 1.29 is 4.74 Å². The van der Waals surface area contributed by atoms with Crippen molar-refractivity contribution in [1.82, 2.24) is 19.9 Å². The van der Waals surface area contributed by atoms with Crippen LogP contribution >= 0.6 is 0 Å². The van der Waals surface area contributed by atoms with E-state index in [0.29, 0.717) is 5.88 Å². The zero-order valence-corrected chi connectivity index (χ0v) is 13.1. The smallest absolute Gasteiger partial charge is 0.213 e. The number of nitrogens with zero attached hydrogens (tertiary/aromatic N) is 5. The van der Waals surface area contributed by atoms with Crippen LogP contribution < -0.4 is 9.64 Å². The van der Waals surface area contributed by atoms with Crippen molar-refractivity contribution in [3.63, 3.8) is 0 Å². The Labute approximate surface area is 130 Å². The van der Waals surface area contributed by atoms with Crippen LogP contribution in [0.25, 0.3) is 0 Å². The van der Waals surface area contributed by atoms with Gasteiger partial charge in [0, 0.05) is 50.6 Å². The molecule has 0 radical (unpaired) electrons. The highest BCUT2D eigenvalue weighted by Gasteiger charge is 2.18. The summed E-state index contributed by atoms with van der Waals surface area (Å²) >= 11 is 0. The molecular weight excluding hydrogens is 278 g/mol. The van der Waals surface area contributed by atoms with E-state index in [1.165, 1.54) is 0 Å². The van der Waals surface area contributed by atoms with Gasteiger partial charge in [-0.25, -0.2) is 15.0 Å². The summed E-state index contributed by atoms with van der Waals surface area (Å²) in [6, 6.07) is 7.95. The first-order valence-corrected chi connectivity index (χ1v) is 7.50. The molecule has 2 aromatic heterocycles. The molecule has 22 heavy (non-hydrogen) atoms. The van der Waals surface area contributed by atoms with E-state index in [9.17, 15) is 0 Å². The van der Waals surface area contributed by atoms with E-state index in [4.69, 9.17) is 4.74 Å². The average molecular weight is 299 g/mol. The number of aryl methyl sites for hydroxylation is 1. The number of hydrogen-bond acceptors (Lipinski definition) is 6. The molecule has 0 aliphatic carbocycles. The molecular formula is C16H21N5O. The van der Waals surface area contributed by atoms with Gasteiger partial charge in [-0.05, 0) is 13.0 Å². The molecule has 3 heterocycles. The Kier molecular flexibility index (Phi) is 4.48. The zero-order chi connectivity index (χ0) is 15.4. The van der Waals surface area contributed by atoms with Crippen LogP contribution in [0.15, 0.2) is 30.6 Å². The summed E-state index contributed by atoms with van der Waals surface area (Å²) in [4.78, 5) is 17.7. The third kappa shape index (κ3) is 3.51. The van der Waals surface area contributed by atoms with Crippen LogP contribution in [-0.4, -0.2) is 53.1 Å². The lowest BCUT2D eigenvalue weighted by Gasteiger charge is -2.35. The fourth-order valence-corrected chi connectivity index (χ4v) is 2.64. The maximum atomic E-state index is 5.18. The van der Waals surface area contributed by atoms with Gasteiger partial charge >= 0.3 is 0 Å². The molecule has 0 unspecified atom stereocenters. The Bertz CT molecular complexity index is 625. The predicted molar refractivity (Wildman–Crippen MR) is 85.0 cm³/mol. The minimum atomic E-state index is 0.674. The van der Waals surface area contributed by atoms with E-state index in [1.807, 2.05) is 31.2 Å². The molecule has 1 saturated heterocycles. The van der Waals surface area contributed by atoms with Crippen LogP contribution in [0.1, 0.15) is 11.4 Å². The molecule has 3 rings (SSSR count). The van der Waals surface area contributed by atoms with E-state index < -0.39 is 0 Å². The number of anilines is 1. The monoisotopic (exact) mass is 299 g/mol. The maximum absolute atomic E-state index is 5.18. The second-order valence-electron chi connectivity index (χ2n) is 5.45. The van der Waals surface area contributed by atoms with Crippen LogP contribution in [0.2, 0.25) is 0 Å². The molecule has 0 bridgehead atoms. The maximum Gasteiger partial charge on any atom is 0.213 e. The highest BCUT2D eigenvalue weighted by Crippen LogP contribution is 2.15. The molecule has 0 aromatic carbocycles. The van der Waals surface area contributed by atoms with Crippen molar-refractivity contribution in [3.8, 4) is 5.88 Å². The Morgan fingerprint density at radius 1 is 1.14 bits per heavy atom. The fourth-order valence-electron chi connectivity index (χ4n) is 2.64. The van der Waals surface area contributed by atoms with E-state index in [2.05, 4.69) is 24.8 Å². The molecule has 116 valence electrons. The minimum Gasteiger partial charge on any atom is -0.481 e. The standard InChI is InChI=1S/C16H21N5O/c1-13-10-15(18-12-17-13)21-8-6-20(7-9-21)11-14-4-3-5-16(19-14)22-2/h3-5,10,12H,6-9,11H2,1-2H3. The number of rotatable bonds is 4. The van der Waals surface area contributed by atoms with Crippen molar-refractivity contribution >= 4 is 5.82 Å². The molecule has 0 atom stereocenters. The van der Waals surface area contributed by atoms with Crippen molar-refractivity contribution in [2.75, 3.05) is 38.2 Å². The summed E-state index contributed by atoms with van der Waals surface area (Å²) in [6.07, 6.45) is 1.64. The number of aromatic nitrogens is 3. The molecule has 0 amide bonds. The van der Waals surface area contributed by atoms with Gasteiger partial charge in [-0.3, -0.25) is 4.90 Å². The molecule has 1 aliphatic rings. The summed E-state index contributed by atoms with van der Waals surface area (Å²) in [7, 11) is 1.65. The predicted octanol–water partition coefficient (Wildman–Crippen LogP) is 1.51. The van der Waals surface area contributed by atoms with Crippen molar-refractivity contribution in [2.45, 2.75) is 13.5 Å². The Morgan fingerprint density at radius 3 is 2.68 bits per heavy atom. The van der Waals surface area contributed by atoms with Gasteiger partial charge in [0.2, 0.25) is 5.88 Å². The van der Waals surface area contributed by atoms with E-state index in [0.717, 1.165) is 49.9 Å². The van der Waals surface area contributed by atoms with Crippen molar-refractivity contribution in [1.29, 1.82) is 0 Å². The SMILES string of the molecule is COc1cccc(CN2CCN(c3cc(C)ncn3)CC2)n1. The topological polar surface area (TPSA) is 54.4 Å². The Hall–Kier alpha value is -2.21. The van der Waals surface area contributed by atoms with E-state index >= 15 is 0 Å². The Balaban J connectivity index is 1.57. The molecule has 0 spiro atoms. The third-order valence-corrected chi connectivity index (χ3v) is 3.86. The van der Waals surface area contributed by atoms with E-state index in [1.54, 1.807) is 13.4 Å². The van der Waals surface area contributed by atoms with Gasteiger partial charge in [0.05, 0.1) is 12.8 Å². The Morgan fingerprint density at radius 2 is 1.95 bits per heavy atom. The first-order chi connectivity index (χ1) is 10.7. The molecule has 0 saturated carbocycles. The summed E-state index contributed by atoms with van der Waals surface area (Å²) in [5, 5.41) is 0. The van der Waals surface area contributed by atoms with Crippen LogP contribution in [0, 0.1) is 6.92 Å². The number of piperazine rings is 1. The first-order valence-electron chi connectivity index (χ1n) is 7.50. The lowest BCUT2D eigenvalue weighted by Crippen LogP contribution is -2.46. The minimum absolute atomic E-state index is 0.674. The number of hydrogen-bond donors (Lipinski definition) is 0. The molecule has 2 aromatic rings. The highest BCUT2D eigenvalue weighted by molar-refractivity contribution is 5.39. The molecule has 6 heteroatoms. The summed E-state index contributed by atoms with van der Waals surface area (Å²) in [5.41, 5.74) is 2.05. The van der Waals surface area contributed by atoms with Gasteiger partial charge in [0.25, 0.3) is 0 Å². The lowest BCUT2D eigenvalue weighted by atomic mass is 10.2. The van der Waals surface area contributed by atoms with Crippen LogP contribution in [0.5, 0.6) is 5.88 Å². The number of ether oxygens (including phenoxy) is 1. The highest BCUT2D eigenvalue weighted by atomic mass is 16.5. The molecule has 1 aliphatic heterocycles. The van der Waals surface area contributed by atoms with Gasteiger partial charge in [0.15, 0.2) is 0 Å². The van der Waals surface area contributed by atoms with Gasteiger partial charge < -0.3 is 9.64 Å². The first kappa shape index (κ1) is 14.7. The number of pyridine rings is 1. The van der Waals surface area contributed by atoms with E-state index in [-0.39, 0.29) is 0 Å². The van der Waals surface area contributed by atoms with Gasteiger partial charge in [0.1, 0.15) is 12.1 Å². The summed E-state index contributed by atoms with van der Waals surface area (Å²) in [6.45, 7) is 6.80. The quantitative estimate of drug-likeness (QED) is 0.853. The largest absolute Gasteiger partial charge is 0.481 e. The van der Waals surface area contributed by atoms with Crippen LogP contribution in [-0.2, 0) is 6.54 Å². The lowest BCUT2D eigenvalue weighted by molar-refractivity contribution is 0.245.